The van der Waals surface area contributed by atoms with E-state index in [1.807, 2.05) is 44.2 Å². The van der Waals surface area contributed by atoms with Crippen LogP contribution < -0.4 is 5.73 Å². The van der Waals surface area contributed by atoms with Crippen molar-refractivity contribution < 1.29 is 14.7 Å². The number of nitrogens with two attached hydrogens (primary N) is 1. The monoisotopic (exact) mass is 699 g/mol. The van der Waals surface area contributed by atoms with Gasteiger partial charge in [0.1, 0.15) is 3.53 Å². The van der Waals surface area contributed by atoms with E-state index in [1.54, 1.807) is 23.5 Å². The molecule has 2 aromatic carbocycles. The van der Waals surface area contributed by atoms with Crippen LogP contribution in [0.4, 0.5) is 0 Å². The zero-order valence-corrected chi connectivity index (χ0v) is 32.1. The number of hydrogen-bond donors (Lipinski definition) is 2. The number of unbranched alkanes of at least 4 members (excludes halogenated alkanes) is 9. The molecule has 0 saturated heterocycles. The number of Topliss-reactive ketones (excluding diaryl/α,β-unsaturated/α-hetero) is 1. The minimum absolute atomic E-state index is 0.0221. The van der Waals surface area contributed by atoms with E-state index >= 15 is 0 Å². The molecule has 3 atom stereocenters. The van der Waals surface area contributed by atoms with Gasteiger partial charge in [-0.2, -0.15) is 0 Å². The van der Waals surface area contributed by atoms with Gasteiger partial charge in [0.25, 0.3) is 0 Å². The van der Waals surface area contributed by atoms with Crippen LogP contribution in [0.25, 0.3) is 0 Å². The Bertz CT molecular complexity index is 1180. The Morgan fingerprint density at radius 2 is 1.34 bits per heavy atom. The first-order valence-electron chi connectivity index (χ1n) is 17.9. The van der Waals surface area contributed by atoms with Crippen molar-refractivity contribution in [3.05, 3.63) is 71.3 Å². The van der Waals surface area contributed by atoms with Crippen LogP contribution in [0.3, 0.4) is 0 Å². The van der Waals surface area contributed by atoms with Crippen molar-refractivity contribution in [1.82, 2.24) is 0 Å². The molecule has 2 unspecified atom stereocenters. The summed E-state index contributed by atoms with van der Waals surface area (Å²) in [7, 11) is 0. The molecular formula is C40H61NO3S3. The third kappa shape index (κ3) is 16.5. The second kappa shape index (κ2) is 22.9. The summed E-state index contributed by atoms with van der Waals surface area (Å²) in [4.78, 5) is 25.2. The molecule has 0 bridgehead atoms. The fraction of sp³-hybridized carbons (Fsp3) is 0.625. The molecule has 262 valence electrons. The molecule has 7 heteroatoms. The van der Waals surface area contributed by atoms with Crippen molar-refractivity contribution in [3.63, 3.8) is 0 Å². The largest absolute Gasteiger partial charge is 0.481 e. The lowest BCUT2D eigenvalue weighted by atomic mass is 9.75. The van der Waals surface area contributed by atoms with Gasteiger partial charge in [-0.15, -0.1) is 23.5 Å². The van der Waals surface area contributed by atoms with Crippen LogP contribution in [-0.4, -0.2) is 37.9 Å². The van der Waals surface area contributed by atoms with E-state index in [0.29, 0.717) is 24.3 Å². The van der Waals surface area contributed by atoms with Crippen molar-refractivity contribution in [2.45, 2.75) is 136 Å². The number of rotatable bonds is 24. The number of carbonyl (C=O) groups is 2. The van der Waals surface area contributed by atoms with E-state index in [9.17, 15) is 14.7 Å². The first-order chi connectivity index (χ1) is 22.4. The van der Waals surface area contributed by atoms with E-state index in [4.69, 9.17) is 18.0 Å². The Labute approximate surface area is 300 Å². The smallest absolute Gasteiger partial charge is 0.309 e. The molecule has 0 fully saturated rings. The van der Waals surface area contributed by atoms with Crippen molar-refractivity contribution in [3.8, 4) is 0 Å². The Hall–Kier alpha value is -1.67. The van der Waals surface area contributed by atoms with Gasteiger partial charge in [-0.3, -0.25) is 9.59 Å². The third-order valence-electron chi connectivity index (χ3n) is 9.02. The maximum atomic E-state index is 13.0. The van der Waals surface area contributed by atoms with Gasteiger partial charge in [0, 0.05) is 11.3 Å². The molecule has 2 rings (SSSR count). The van der Waals surface area contributed by atoms with Crippen molar-refractivity contribution in [1.29, 1.82) is 0 Å². The van der Waals surface area contributed by atoms with Gasteiger partial charge < -0.3 is 10.8 Å². The third-order valence-corrected chi connectivity index (χ3v) is 12.0. The van der Waals surface area contributed by atoms with E-state index in [-0.39, 0.29) is 17.6 Å². The van der Waals surface area contributed by atoms with Crippen molar-refractivity contribution in [2.24, 2.45) is 17.1 Å². The second-order valence-corrected chi connectivity index (χ2v) is 17.6. The number of carbonyl (C=O) groups excluding carboxylic acids is 1. The van der Waals surface area contributed by atoms with Gasteiger partial charge in [-0.05, 0) is 74.2 Å². The first-order valence-corrected chi connectivity index (χ1v) is 20.3. The number of ketones is 1. The highest BCUT2D eigenvalue weighted by atomic mass is 32.2. The summed E-state index contributed by atoms with van der Waals surface area (Å²) in [6.45, 7) is 10.0. The zero-order chi connectivity index (χ0) is 34.7. The molecular weight excluding hydrogens is 639 g/mol. The normalized spacial score (nSPS) is 13.8. The van der Waals surface area contributed by atoms with Crippen LogP contribution in [0.1, 0.15) is 151 Å². The van der Waals surface area contributed by atoms with Crippen molar-refractivity contribution >= 4 is 51.0 Å². The molecule has 0 saturated carbocycles. The predicted octanol–water partition coefficient (Wildman–Crippen LogP) is 11.7. The summed E-state index contributed by atoms with van der Waals surface area (Å²) >= 11 is 9.36. The highest BCUT2D eigenvalue weighted by molar-refractivity contribution is 8.47. The second-order valence-electron chi connectivity index (χ2n) is 14.2. The van der Waals surface area contributed by atoms with Crippen molar-refractivity contribution in [2.75, 3.05) is 11.5 Å². The molecule has 0 spiro atoms. The van der Waals surface area contributed by atoms with Gasteiger partial charge in [-0.25, -0.2) is 0 Å². The summed E-state index contributed by atoms with van der Waals surface area (Å²) in [6.07, 6.45) is 15.3. The minimum Gasteiger partial charge on any atom is -0.481 e. The number of thioether (sulfide) groups is 2. The fourth-order valence-electron chi connectivity index (χ4n) is 6.11. The molecule has 0 radical (unpaired) electrons. The van der Waals surface area contributed by atoms with Crippen LogP contribution in [-0.2, 0) is 4.79 Å². The number of thiocarbonyl (C=S) groups is 1. The summed E-state index contributed by atoms with van der Waals surface area (Å²) in [6, 6.07) is 17.7. The summed E-state index contributed by atoms with van der Waals surface area (Å²) in [5, 5.41) is 9.98. The highest BCUT2D eigenvalue weighted by Gasteiger charge is 2.33. The summed E-state index contributed by atoms with van der Waals surface area (Å²) in [5.41, 5.74) is 8.30. The number of aliphatic carboxylic acids is 1. The first kappa shape index (κ1) is 41.5. The maximum Gasteiger partial charge on any atom is 0.309 e. The molecule has 0 aliphatic heterocycles. The number of benzene rings is 2. The standard InChI is InChI=1S/C40H61NO3S3/c1-6-7-8-9-10-11-12-13-14-18-25-46-39(45)47-29-35(32-21-23-33(24-22-32)37(42)36(41)26-30(2)3)27-34(28-40(4,5)38(43)44)31-19-16-15-17-20-31/h15-17,19-24,30,34-36H,6-14,18,25-29,41H2,1-5H3,(H,43,44)/t34?,35?,36-/m0/s1. The fourth-order valence-corrected chi connectivity index (χ4v) is 8.54. The lowest BCUT2D eigenvalue weighted by Gasteiger charge is -2.30. The van der Waals surface area contributed by atoms with Crippen LogP contribution in [0.2, 0.25) is 0 Å². The molecule has 47 heavy (non-hydrogen) atoms. The molecule has 3 N–H and O–H groups in total. The average Bonchev–Trinajstić information content (AvgIpc) is 3.04. The lowest BCUT2D eigenvalue weighted by molar-refractivity contribution is -0.147. The van der Waals surface area contributed by atoms with E-state index in [2.05, 4.69) is 45.0 Å². The van der Waals surface area contributed by atoms with Gasteiger partial charge in [-0.1, -0.05) is 145 Å². The van der Waals surface area contributed by atoms with Crippen LogP contribution in [0.5, 0.6) is 0 Å². The molecule has 0 aliphatic rings. The Kier molecular flexibility index (Phi) is 20.2. The number of carboxylic acids is 1. The Morgan fingerprint density at radius 3 is 1.89 bits per heavy atom. The lowest BCUT2D eigenvalue weighted by Crippen LogP contribution is -2.31. The highest BCUT2D eigenvalue weighted by Crippen LogP contribution is 2.40. The Morgan fingerprint density at radius 1 is 0.787 bits per heavy atom. The Balaban J connectivity index is 2.08. The van der Waals surface area contributed by atoms with Gasteiger partial charge in [0.15, 0.2) is 5.78 Å². The molecule has 0 heterocycles. The van der Waals surface area contributed by atoms with Crippen LogP contribution >= 0.6 is 35.7 Å². The van der Waals surface area contributed by atoms with E-state index in [0.717, 1.165) is 32.6 Å². The van der Waals surface area contributed by atoms with E-state index < -0.39 is 17.4 Å². The van der Waals surface area contributed by atoms with Gasteiger partial charge in [0.05, 0.1) is 11.5 Å². The zero-order valence-electron chi connectivity index (χ0n) is 29.7. The maximum absolute atomic E-state index is 13.0. The predicted molar refractivity (Wildman–Crippen MR) is 210 cm³/mol. The number of carboxylic acid groups (broad SMARTS) is 1. The number of hydrogen-bond acceptors (Lipinski definition) is 6. The quantitative estimate of drug-likeness (QED) is 0.0641. The van der Waals surface area contributed by atoms with E-state index in [1.165, 1.54) is 64.2 Å². The molecule has 0 amide bonds. The van der Waals surface area contributed by atoms with Gasteiger partial charge in [0.2, 0.25) is 0 Å². The molecule has 2 aromatic rings. The van der Waals surface area contributed by atoms with Crippen LogP contribution in [0, 0.1) is 11.3 Å². The molecule has 4 nitrogen and oxygen atoms in total. The minimum atomic E-state index is -0.860. The van der Waals surface area contributed by atoms with Crippen LogP contribution in [0.15, 0.2) is 54.6 Å². The topological polar surface area (TPSA) is 80.4 Å². The average molecular weight is 700 g/mol. The van der Waals surface area contributed by atoms with Gasteiger partial charge >= 0.3 is 5.97 Å². The summed E-state index contributed by atoms with van der Waals surface area (Å²) < 4.78 is 0.972. The molecule has 0 aliphatic carbocycles. The molecule has 0 aromatic heterocycles. The SMILES string of the molecule is CCCCCCCCCCCCSC(=S)SCC(CC(CC(C)(C)C(=O)O)c1ccccc1)c1ccc(C(=O)[C@@H](N)CC(C)C)cc1. The summed E-state index contributed by atoms with van der Waals surface area (Å²) in [5.74, 6) is 1.61.